The van der Waals surface area contributed by atoms with Crippen LogP contribution in [0.5, 0.6) is 0 Å². The maximum Gasteiger partial charge on any atom is 0.317 e. The predicted molar refractivity (Wildman–Crippen MR) is 114 cm³/mol. The van der Waals surface area contributed by atoms with Crippen LogP contribution in [0.1, 0.15) is 16.7 Å². The van der Waals surface area contributed by atoms with Crippen LogP contribution in [0, 0.1) is 0 Å². The molecule has 0 aliphatic carbocycles. The van der Waals surface area contributed by atoms with E-state index in [1.807, 2.05) is 13.1 Å². The number of nitrogens with one attached hydrogen (secondary N) is 1. The minimum atomic E-state index is -0.0601. The standard InChI is InChI=1S/C22H29N3O2S/c1-24(16-18-7-9-21(28-2)10-8-18)22(26)23-15-19-5-3-4-6-20(19)17-25-11-13-27-14-12-25/h3-10H,11-17H2,1-2H3,(H,23,26). The molecule has 1 saturated heterocycles. The van der Waals surface area contributed by atoms with Gasteiger partial charge in [-0.25, -0.2) is 4.79 Å². The van der Waals surface area contributed by atoms with Crippen molar-refractivity contribution in [3.05, 3.63) is 65.2 Å². The lowest BCUT2D eigenvalue weighted by Gasteiger charge is -2.27. The van der Waals surface area contributed by atoms with Crippen molar-refractivity contribution in [2.75, 3.05) is 39.6 Å². The topological polar surface area (TPSA) is 44.8 Å². The highest BCUT2D eigenvalue weighted by Gasteiger charge is 2.14. The van der Waals surface area contributed by atoms with Gasteiger partial charge in [-0.2, -0.15) is 0 Å². The van der Waals surface area contributed by atoms with Crippen LogP contribution in [0.3, 0.4) is 0 Å². The van der Waals surface area contributed by atoms with Gasteiger partial charge in [0.05, 0.1) is 13.2 Å². The van der Waals surface area contributed by atoms with Crippen molar-refractivity contribution in [2.45, 2.75) is 24.5 Å². The van der Waals surface area contributed by atoms with Crippen molar-refractivity contribution in [1.82, 2.24) is 15.1 Å². The summed E-state index contributed by atoms with van der Waals surface area (Å²) >= 11 is 1.72. The summed E-state index contributed by atoms with van der Waals surface area (Å²) in [5, 5.41) is 3.06. The van der Waals surface area contributed by atoms with Crippen LogP contribution in [0.15, 0.2) is 53.4 Å². The van der Waals surface area contributed by atoms with E-state index >= 15 is 0 Å². The molecule has 1 N–H and O–H groups in total. The van der Waals surface area contributed by atoms with Gasteiger partial charge in [0.25, 0.3) is 0 Å². The second kappa shape index (κ2) is 10.5. The van der Waals surface area contributed by atoms with E-state index in [1.165, 1.54) is 16.0 Å². The molecule has 0 saturated carbocycles. The monoisotopic (exact) mass is 399 g/mol. The van der Waals surface area contributed by atoms with Crippen molar-refractivity contribution in [1.29, 1.82) is 0 Å². The minimum Gasteiger partial charge on any atom is -0.379 e. The Labute approximate surface area is 172 Å². The average Bonchev–Trinajstić information content (AvgIpc) is 2.74. The molecule has 6 heteroatoms. The molecule has 2 aromatic carbocycles. The number of thioether (sulfide) groups is 1. The normalized spacial score (nSPS) is 14.6. The van der Waals surface area contributed by atoms with Gasteiger partial charge in [-0.1, -0.05) is 36.4 Å². The lowest BCUT2D eigenvalue weighted by atomic mass is 10.1. The van der Waals surface area contributed by atoms with Crippen LogP contribution in [-0.2, 0) is 24.4 Å². The van der Waals surface area contributed by atoms with Crippen LogP contribution in [0.2, 0.25) is 0 Å². The Kier molecular flexibility index (Phi) is 7.77. The molecule has 3 rings (SSSR count). The number of amides is 2. The van der Waals surface area contributed by atoms with Crippen molar-refractivity contribution < 1.29 is 9.53 Å². The SMILES string of the molecule is CSc1ccc(CN(C)C(=O)NCc2ccccc2CN2CCOCC2)cc1. The van der Waals surface area contributed by atoms with Gasteiger partial charge < -0.3 is 15.0 Å². The average molecular weight is 400 g/mol. The van der Waals surface area contributed by atoms with Crippen molar-refractivity contribution >= 4 is 17.8 Å². The molecule has 5 nitrogen and oxygen atoms in total. The molecule has 0 aromatic heterocycles. The van der Waals surface area contributed by atoms with Crippen molar-refractivity contribution in [2.24, 2.45) is 0 Å². The Hall–Kier alpha value is -2.02. The number of carbonyl (C=O) groups is 1. The van der Waals surface area contributed by atoms with E-state index in [9.17, 15) is 4.79 Å². The Morgan fingerprint density at radius 1 is 1.11 bits per heavy atom. The third-order valence-corrected chi connectivity index (χ3v) is 5.72. The zero-order chi connectivity index (χ0) is 19.8. The highest BCUT2D eigenvalue weighted by atomic mass is 32.2. The highest BCUT2D eigenvalue weighted by molar-refractivity contribution is 7.98. The number of morpholine rings is 1. The fourth-order valence-electron chi connectivity index (χ4n) is 3.27. The van der Waals surface area contributed by atoms with Gasteiger partial charge in [0.1, 0.15) is 0 Å². The largest absolute Gasteiger partial charge is 0.379 e. The molecule has 1 aliphatic rings. The summed E-state index contributed by atoms with van der Waals surface area (Å²) in [5.41, 5.74) is 3.56. The zero-order valence-corrected chi connectivity index (χ0v) is 17.5. The van der Waals surface area contributed by atoms with E-state index in [4.69, 9.17) is 4.74 Å². The fraction of sp³-hybridized carbons (Fsp3) is 0.409. The maximum atomic E-state index is 12.5. The molecule has 1 aliphatic heterocycles. The molecule has 0 atom stereocenters. The lowest BCUT2D eigenvalue weighted by molar-refractivity contribution is 0.0341. The Balaban J connectivity index is 1.53. The summed E-state index contributed by atoms with van der Waals surface area (Å²) in [4.78, 5) is 17.9. The number of carbonyl (C=O) groups excluding carboxylic acids is 1. The van der Waals surface area contributed by atoms with Gasteiger partial charge in [-0.15, -0.1) is 11.8 Å². The van der Waals surface area contributed by atoms with Crippen LogP contribution in [0.25, 0.3) is 0 Å². The first kappa shape index (κ1) is 20.7. The second-order valence-electron chi connectivity index (χ2n) is 7.02. The molecule has 0 spiro atoms. The lowest BCUT2D eigenvalue weighted by Crippen LogP contribution is -2.37. The molecule has 2 amide bonds. The van der Waals surface area contributed by atoms with Crippen LogP contribution in [-0.4, -0.2) is 55.4 Å². The number of nitrogens with zero attached hydrogens (tertiary/aromatic N) is 2. The van der Waals surface area contributed by atoms with E-state index in [0.29, 0.717) is 13.1 Å². The summed E-state index contributed by atoms with van der Waals surface area (Å²) in [6.45, 7) is 5.53. The Morgan fingerprint density at radius 3 is 2.46 bits per heavy atom. The molecular weight excluding hydrogens is 370 g/mol. The van der Waals surface area contributed by atoms with Crippen molar-refractivity contribution in [3.63, 3.8) is 0 Å². The second-order valence-corrected chi connectivity index (χ2v) is 7.90. The Bertz CT molecular complexity index is 761. The Morgan fingerprint density at radius 2 is 1.79 bits per heavy atom. The van der Waals surface area contributed by atoms with Crippen molar-refractivity contribution in [3.8, 4) is 0 Å². The van der Waals surface area contributed by atoms with E-state index in [2.05, 4.69) is 58.9 Å². The third-order valence-electron chi connectivity index (χ3n) is 4.97. The first-order valence-electron chi connectivity index (χ1n) is 9.64. The first-order chi connectivity index (χ1) is 13.7. The molecule has 0 unspecified atom stereocenters. The summed E-state index contributed by atoms with van der Waals surface area (Å²) in [7, 11) is 1.83. The number of hydrogen-bond donors (Lipinski definition) is 1. The van der Waals surface area contributed by atoms with Crippen LogP contribution < -0.4 is 5.32 Å². The van der Waals surface area contributed by atoms with Crippen LogP contribution in [0.4, 0.5) is 4.79 Å². The number of benzene rings is 2. The number of urea groups is 1. The van der Waals surface area contributed by atoms with Gasteiger partial charge in [0, 0.05) is 44.7 Å². The summed E-state index contributed by atoms with van der Waals surface area (Å²) in [5.74, 6) is 0. The molecule has 2 aromatic rings. The first-order valence-corrected chi connectivity index (χ1v) is 10.9. The molecule has 0 bridgehead atoms. The summed E-state index contributed by atoms with van der Waals surface area (Å²) in [6, 6.07) is 16.6. The summed E-state index contributed by atoms with van der Waals surface area (Å²) < 4.78 is 5.43. The highest BCUT2D eigenvalue weighted by Crippen LogP contribution is 2.16. The molecule has 1 fully saturated rings. The number of rotatable bonds is 7. The van der Waals surface area contributed by atoms with Gasteiger partial charge in [-0.05, 0) is 35.1 Å². The van der Waals surface area contributed by atoms with Gasteiger partial charge in [0.15, 0.2) is 0 Å². The van der Waals surface area contributed by atoms with E-state index in [1.54, 1.807) is 16.7 Å². The smallest absolute Gasteiger partial charge is 0.317 e. The quantitative estimate of drug-likeness (QED) is 0.723. The third kappa shape index (κ3) is 5.99. The molecule has 150 valence electrons. The van der Waals surface area contributed by atoms with E-state index in [0.717, 1.165) is 38.4 Å². The fourth-order valence-corrected chi connectivity index (χ4v) is 3.68. The minimum absolute atomic E-state index is 0.0601. The van der Waals surface area contributed by atoms with E-state index < -0.39 is 0 Å². The molecule has 28 heavy (non-hydrogen) atoms. The van der Waals surface area contributed by atoms with Crippen LogP contribution >= 0.6 is 11.8 Å². The van der Waals surface area contributed by atoms with E-state index in [-0.39, 0.29) is 6.03 Å². The zero-order valence-electron chi connectivity index (χ0n) is 16.7. The van der Waals surface area contributed by atoms with Gasteiger partial charge in [0.2, 0.25) is 0 Å². The van der Waals surface area contributed by atoms with Gasteiger partial charge >= 0.3 is 6.03 Å². The molecule has 1 heterocycles. The summed E-state index contributed by atoms with van der Waals surface area (Å²) in [6.07, 6.45) is 2.06. The number of hydrogen-bond acceptors (Lipinski definition) is 4. The number of ether oxygens (including phenoxy) is 1. The predicted octanol–water partition coefficient (Wildman–Crippen LogP) is 3.58. The molecular formula is C22H29N3O2S. The molecule has 0 radical (unpaired) electrons. The van der Waals surface area contributed by atoms with Gasteiger partial charge in [-0.3, -0.25) is 4.90 Å². The maximum absolute atomic E-state index is 12.5.